The van der Waals surface area contributed by atoms with Crippen LogP contribution in [0.4, 0.5) is 0 Å². The Morgan fingerprint density at radius 2 is 2.24 bits per heavy atom. The lowest BCUT2D eigenvalue weighted by Gasteiger charge is -2.20. The van der Waals surface area contributed by atoms with Crippen molar-refractivity contribution in [1.29, 1.82) is 0 Å². The van der Waals surface area contributed by atoms with Crippen LogP contribution in [0.3, 0.4) is 0 Å². The first-order valence-electron chi connectivity index (χ1n) is 5.22. The van der Waals surface area contributed by atoms with E-state index in [0.717, 1.165) is 13.0 Å². The van der Waals surface area contributed by atoms with E-state index in [1.54, 1.807) is 17.1 Å². The van der Waals surface area contributed by atoms with Crippen LogP contribution in [0.1, 0.15) is 19.4 Å². The first kappa shape index (κ1) is 16.2. The number of carbonyl (C=O) groups is 1. The van der Waals surface area contributed by atoms with Gasteiger partial charge in [0.2, 0.25) is 5.91 Å². The monoisotopic (exact) mass is 280 g/mol. The molecule has 98 valence electrons. The summed E-state index contributed by atoms with van der Waals surface area (Å²) in [5.41, 5.74) is 5.77. The molecule has 7 heteroatoms. The molecule has 1 fully saturated rings. The highest BCUT2D eigenvalue weighted by Gasteiger charge is 2.27. The number of aromatic nitrogens is 2. The third kappa shape index (κ3) is 3.59. The molecule has 0 spiro atoms. The summed E-state index contributed by atoms with van der Waals surface area (Å²) in [5.74, 6) is 0.103. The van der Waals surface area contributed by atoms with Gasteiger partial charge >= 0.3 is 0 Å². The number of rotatable bonds is 2. The fourth-order valence-corrected chi connectivity index (χ4v) is 1.87. The molecular formula is C10H18Cl2N4O. The van der Waals surface area contributed by atoms with Crippen molar-refractivity contribution < 1.29 is 4.79 Å². The van der Waals surface area contributed by atoms with E-state index in [9.17, 15) is 4.79 Å². The molecule has 1 aliphatic heterocycles. The van der Waals surface area contributed by atoms with Crippen molar-refractivity contribution in [3.8, 4) is 0 Å². The first-order chi connectivity index (χ1) is 7.18. The van der Waals surface area contributed by atoms with Gasteiger partial charge in [-0.3, -0.25) is 9.48 Å². The fourth-order valence-electron chi connectivity index (χ4n) is 1.87. The van der Waals surface area contributed by atoms with Crippen LogP contribution < -0.4 is 5.73 Å². The van der Waals surface area contributed by atoms with Gasteiger partial charge in [0, 0.05) is 31.5 Å². The predicted molar refractivity (Wildman–Crippen MR) is 70.6 cm³/mol. The normalized spacial score (nSPS) is 20.4. The van der Waals surface area contributed by atoms with Gasteiger partial charge in [0.1, 0.15) is 6.04 Å². The van der Waals surface area contributed by atoms with Gasteiger partial charge in [-0.05, 0) is 19.4 Å². The van der Waals surface area contributed by atoms with E-state index < -0.39 is 0 Å². The van der Waals surface area contributed by atoms with E-state index in [-0.39, 0.29) is 42.8 Å². The van der Waals surface area contributed by atoms with Crippen molar-refractivity contribution in [2.45, 2.75) is 25.4 Å². The maximum Gasteiger partial charge on any atom is 0.247 e. The van der Waals surface area contributed by atoms with Crippen LogP contribution in [-0.4, -0.2) is 39.7 Å². The van der Waals surface area contributed by atoms with Gasteiger partial charge in [0.15, 0.2) is 0 Å². The molecule has 1 aromatic rings. The molecule has 2 rings (SSSR count). The van der Waals surface area contributed by atoms with Crippen molar-refractivity contribution >= 4 is 30.7 Å². The molecule has 0 aliphatic carbocycles. The maximum atomic E-state index is 12.0. The standard InChI is InChI=1S/C10H16N4O.2ClH/c1-8(14-5-2-4-12-14)10(15)13-6-3-9(11)7-13;;/h2,4-5,8-9H,3,6-7,11H2,1H3;2*1H/t8?,9-;;/m0../s1. The molecule has 2 heterocycles. The van der Waals surface area contributed by atoms with Crippen molar-refractivity contribution in [2.24, 2.45) is 5.73 Å². The highest BCUT2D eigenvalue weighted by molar-refractivity contribution is 5.85. The Morgan fingerprint density at radius 3 is 2.71 bits per heavy atom. The largest absolute Gasteiger partial charge is 0.339 e. The summed E-state index contributed by atoms with van der Waals surface area (Å²) >= 11 is 0. The van der Waals surface area contributed by atoms with Crippen LogP contribution in [0.25, 0.3) is 0 Å². The molecule has 2 atom stereocenters. The van der Waals surface area contributed by atoms with Gasteiger partial charge in [-0.1, -0.05) is 0 Å². The molecule has 1 amide bonds. The second-order valence-electron chi connectivity index (χ2n) is 4.00. The number of nitrogens with zero attached hydrogens (tertiary/aromatic N) is 3. The summed E-state index contributed by atoms with van der Waals surface area (Å²) in [6.07, 6.45) is 4.38. The van der Waals surface area contributed by atoms with Crippen LogP contribution in [0.5, 0.6) is 0 Å². The minimum Gasteiger partial charge on any atom is -0.339 e. The summed E-state index contributed by atoms with van der Waals surface area (Å²) in [6.45, 7) is 3.30. The van der Waals surface area contributed by atoms with Crippen molar-refractivity contribution in [2.75, 3.05) is 13.1 Å². The van der Waals surface area contributed by atoms with Gasteiger partial charge in [0.25, 0.3) is 0 Å². The zero-order chi connectivity index (χ0) is 10.8. The first-order valence-corrected chi connectivity index (χ1v) is 5.22. The summed E-state index contributed by atoms with van der Waals surface area (Å²) in [5, 5.41) is 4.07. The summed E-state index contributed by atoms with van der Waals surface area (Å²) < 4.78 is 1.67. The van der Waals surface area contributed by atoms with Gasteiger partial charge in [-0.25, -0.2) is 0 Å². The number of hydrogen-bond acceptors (Lipinski definition) is 3. The minimum atomic E-state index is -0.231. The topological polar surface area (TPSA) is 64.2 Å². The number of hydrogen-bond donors (Lipinski definition) is 1. The van der Waals surface area contributed by atoms with Crippen LogP contribution in [0.2, 0.25) is 0 Å². The second-order valence-corrected chi connectivity index (χ2v) is 4.00. The van der Waals surface area contributed by atoms with Crippen molar-refractivity contribution in [1.82, 2.24) is 14.7 Å². The Balaban J connectivity index is 0.00000128. The molecular weight excluding hydrogens is 263 g/mol. The van der Waals surface area contributed by atoms with Crippen LogP contribution in [-0.2, 0) is 4.79 Å². The van der Waals surface area contributed by atoms with E-state index in [0.29, 0.717) is 6.54 Å². The third-order valence-corrected chi connectivity index (χ3v) is 2.82. The van der Waals surface area contributed by atoms with Crippen molar-refractivity contribution in [3.05, 3.63) is 18.5 Å². The zero-order valence-electron chi connectivity index (χ0n) is 9.65. The Labute approximate surface area is 113 Å². The third-order valence-electron chi connectivity index (χ3n) is 2.82. The van der Waals surface area contributed by atoms with Gasteiger partial charge in [-0.15, -0.1) is 24.8 Å². The highest BCUT2D eigenvalue weighted by Crippen LogP contribution is 2.14. The molecule has 1 saturated heterocycles. The molecule has 0 radical (unpaired) electrons. The molecule has 1 aliphatic rings. The average Bonchev–Trinajstić information content (AvgIpc) is 2.85. The second kappa shape index (κ2) is 6.83. The SMILES string of the molecule is CC(C(=O)N1CC[C@H](N)C1)n1cccn1.Cl.Cl. The predicted octanol–water partition coefficient (Wildman–Crippen LogP) is 0.847. The summed E-state index contributed by atoms with van der Waals surface area (Å²) in [7, 11) is 0. The maximum absolute atomic E-state index is 12.0. The molecule has 1 aromatic heterocycles. The molecule has 0 bridgehead atoms. The highest BCUT2D eigenvalue weighted by atomic mass is 35.5. The molecule has 17 heavy (non-hydrogen) atoms. The molecule has 5 nitrogen and oxygen atoms in total. The van der Waals surface area contributed by atoms with Crippen LogP contribution in [0.15, 0.2) is 18.5 Å². The summed E-state index contributed by atoms with van der Waals surface area (Å²) in [4.78, 5) is 13.8. The molecule has 0 aromatic carbocycles. The van der Waals surface area contributed by atoms with Gasteiger partial charge in [-0.2, -0.15) is 5.10 Å². The Kier molecular flexibility index (Phi) is 6.52. The van der Waals surface area contributed by atoms with E-state index in [2.05, 4.69) is 5.10 Å². The molecule has 1 unspecified atom stereocenters. The Morgan fingerprint density at radius 1 is 1.53 bits per heavy atom. The lowest BCUT2D eigenvalue weighted by Crippen LogP contribution is -2.36. The van der Waals surface area contributed by atoms with E-state index in [1.165, 1.54) is 0 Å². The lowest BCUT2D eigenvalue weighted by molar-refractivity contribution is -0.133. The molecule has 0 saturated carbocycles. The van der Waals surface area contributed by atoms with E-state index >= 15 is 0 Å². The number of likely N-dealkylation sites (tertiary alicyclic amines) is 1. The Bertz CT molecular complexity index is 344. The number of amides is 1. The van der Waals surface area contributed by atoms with Crippen LogP contribution in [0, 0.1) is 0 Å². The van der Waals surface area contributed by atoms with Crippen LogP contribution >= 0.6 is 24.8 Å². The molecule has 2 N–H and O–H groups in total. The van der Waals surface area contributed by atoms with Gasteiger partial charge < -0.3 is 10.6 Å². The lowest BCUT2D eigenvalue weighted by atomic mass is 10.3. The number of nitrogens with two attached hydrogens (primary N) is 1. The van der Waals surface area contributed by atoms with E-state index in [4.69, 9.17) is 5.73 Å². The smallest absolute Gasteiger partial charge is 0.247 e. The number of halogens is 2. The van der Waals surface area contributed by atoms with Crippen molar-refractivity contribution in [3.63, 3.8) is 0 Å². The quantitative estimate of drug-likeness (QED) is 0.874. The zero-order valence-corrected chi connectivity index (χ0v) is 11.3. The fraction of sp³-hybridized carbons (Fsp3) is 0.600. The minimum absolute atomic E-state index is 0. The van der Waals surface area contributed by atoms with Gasteiger partial charge in [0.05, 0.1) is 0 Å². The number of carbonyl (C=O) groups excluding carboxylic acids is 1. The Hall–Kier alpha value is -0.780. The summed E-state index contributed by atoms with van der Waals surface area (Å²) in [6, 6.07) is 1.73. The van der Waals surface area contributed by atoms with E-state index in [1.807, 2.05) is 17.9 Å². The average molecular weight is 281 g/mol.